The lowest BCUT2D eigenvalue weighted by atomic mass is 9.99. The molecule has 5 amide bonds. The Morgan fingerprint density at radius 3 is 1.69 bits per heavy atom. The molecule has 0 radical (unpaired) electrons. The van der Waals surface area contributed by atoms with Crippen LogP contribution in [0.1, 0.15) is 40.7 Å². The molecule has 304 valence electrons. The van der Waals surface area contributed by atoms with E-state index in [0.29, 0.717) is 16.8 Å². The summed E-state index contributed by atoms with van der Waals surface area (Å²) in [7, 11) is 0. The van der Waals surface area contributed by atoms with Crippen LogP contribution in [0.2, 0.25) is 0 Å². The van der Waals surface area contributed by atoms with Crippen LogP contribution < -0.4 is 26.6 Å². The van der Waals surface area contributed by atoms with E-state index in [2.05, 4.69) is 26.6 Å². The minimum absolute atomic E-state index is 0.0578. The normalized spacial score (nSPS) is 20.1. The van der Waals surface area contributed by atoms with E-state index in [1.165, 1.54) is 30.3 Å². The maximum Gasteiger partial charge on any atom is 0.416 e. The Morgan fingerprint density at radius 1 is 0.603 bits per heavy atom. The number of carboxylic acid groups (broad SMARTS) is 1. The van der Waals surface area contributed by atoms with Crippen LogP contribution in [0.25, 0.3) is 0 Å². The van der Waals surface area contributed by atoms with Gasteiger partial charge in [0.1, 0.15) is 24.2 Å². The van der Waals surface area contributed by atoms with Gasteiger partial charge >= 0.3 is 12.1 Å². The number of hydrogen-bond acceptors (Lipinski definition) is 6. The van der Waals surface area contributed by atoms with E-state index in [1.807, 2.05) is 0 Å². The monoisotopic (exact) mass is 807 g/mol. The highest BCUT2D eigenvalue weighted by molar-refractivity contribution is 5.96. The molecule has 17 heteroatoms. The predicted octanol–water partition coefficient (Wildman–Crippen LogP) is 4.01. The fourth-order valence-electron chi connectivity index (χ4n) is 6.14. The van der Waals surface area contributed by atoms with Gasteiger partial charge in [0.15, 0.2) is 11.6 Å². The highest BCUT2D eigenvalue weighted by Crippen LogP contribution is 2.29. The van der Waals surface area contributed by atoms with Gasteiger partial charge in [-0.1, -0.05) is 60.7 Å². The fourth-order valence-corrected chi connectivity index (χ4v) is 6.14. The molecule has 6 rings (SSSR count). The molecular formula is C41H38F5N5O7. The van der Waals surface area contributed by atoms with Gasteiger partial charge in [0, 0.05) is 44.2 Å². The van der Waals surface area contributed by atoms with E-state index in [-0.39, 0.29) is 30.4 Å². The van der Waals surface area contributed by atoms with Crippen molar-refractivity contribution in [2.75, 3.05) is 5.32 Å². The van der Waals surface area contributed by atoms with E-state index in [1.54, 1.807) is 30.3 Å². The number of carboxylic acids is 1. The first-order chi connectivity index (χ1) is 27.5. The van der Waals surface area contributed by atoms with Crippen LogP contribution in [0, 0.1) is 11.6 Å². The lowest BCUT2D eigenvalue weighted by Gasteiger charge is -2.26. The summed E-state index contributed by atoms with van der Waals surface area (Å²) < 4.78 is 68.1. The number of halogens is 5. The number of fused-ring (bicyclic) bond motifs is 18. The fraction of sp³-hybridized carbons (Fsp3) is 0.268. The third-order valence-electron chi connectivity index (χ3n) is 9.22. The number of alkyl halides is 3. The van der Waals surface area contributed by atoms with E-state index in [0.717, 1.165) is 36.4 Å². The maximum absolute atomic E-state index is 14.2. The zero-order valence-corrected chi connectivity index (χ0v) is 30.6. The Kier molecular flexibility index (Phi) is 13.9. The molecule has 58 heavy (non-hydrogen) atoms. The summed E-state index contributed by atoms with van der Waals surface area (Å²) in [5.74, 6) is -8.17. The summed E-state index contributed by atoms with van der Waals surface area (Å²) >= 11 is 0. The Morgan fingerprint density at radius 2 is 1.12 bits per heavy atom. The molecule has 0 unspecified atom stereocenters. The van der Waals surface area contributed by atoms with E-state index in [4.69, 9.17) is 0 Å². The first-order valence-electron chi connectivity index (χ1n) is 18.0. The average Bonchev–Trinajstić information content (AvgIpc) is 3.18. The van der Waals surface area contributed by atoms with Gasteiger partial charge in [-0.05, 0) is 58.7 Å². The molecule has 4 aromatic rings. The SMILES string of the molecule is O=C1CCC(=O)N[C@H](Cc2ccc(F)c(F)c2)C(=O)N[C@@H](Cc2ccc(C(F)(F)F)cc2)C(=O)N[C@H](Cc2ccccc2)C(=O)N[C@@H](C(=O)O)Cc2ccc(cc2)N1. The zero-order chi connectivity index (χ0) is 42.0. The van der Waals surface area contributed by atoms with Crippen LogP contribution in [0.3, 0.4) is 0 Å². The first-order valence-corrected chi connectivity index (χ1v) is 18.0. The van der Waals surface area contributed by atoms with Gasteiger partial charge < -0.3 is 31.7 Å². The Labute approximate surface area is 328 Å². The van der Waals surface area contributed by atoms with Crippen molar-refractivity contribution >= 4 is 41.2 Å². The molecule has 6 N–H and O–H groups in total. The quantitative estimate of drug-likeness (QED) is 0.121. The van der Waals surface area contributed by atoms with Crippen molar-refractivity contribution in [2.45, 2.75) is 68.9 Å². The summed E-state index contributed by atoms with van der Waals surface area (Å²) in [6.07, 6.45) is -6.70. The largest absolute Gasteiger partial charge is 0.480 e. The molecule has 0 aliphatic carbocycles. The molecule has 0 fully saturated rings. The van der Waals surface area contributed by atoms with Gasteiger partial charge in [0.2, 0.25) is 29.5 Å². The molecule has 2 aliphatic heterocycles. The topological polar surface area (TPSA) is 183 Å². The molecule has 2 bridgehead atoms. The minimum Gasteiger partial charge on any atom is -0.480 e. The Bertz CT molecular complexity index is 2130. The smallest absolute Gasteiger partial charge is 0.416 e. The van der Waals surface area contributed by atoms with Crippen LogP contribution >= 0.6 is 0 Å². The number of carbonyl (C=O) groups is 6. The number of nitrogens with one attached hydrogen (secondary N) is 5. The lowest BCUT2D eigenvalue weighted by molar-refractivity contribution is -0.142. The van der Waals surface area contributed by atoms with Gasteiger partial charge in [0.05, 0.1) is 5.56 Å². The Hall–Kier alpha value is -6.65. The van der Waals surface area contributed by atoms with Crippen molar-refractivity contribution in [1.29, 1.82) is 0 Å². The summed E-state index contributed by atoms with van der Waals surface area (Å²) in [6, 6.07) is 14.8. The second-order valence-electron chi connectivity index (χ2n) is 13.6. The molecule has 4 aromatic carbocycles. The van der Waals surface area contributed by atoms with Gasteiger partial charge in [-0.25, -0.2) is 13.6 Å². The van der Waals surface area contributed by atoms with E-state index >= 15 is 0 Å². The zero-order valence-electron chi connectivity index (χ0n) is 30.6. The maximum atomic E-state index is 14.2. The number of anilines is 1. The second kappa shape index (κ2) is 19.0. The van der Waals surface area contributed by atoms with Crippen molar-refractivity contribution in [3.63, 3.8) is 0 Å². The second-order valence-corrected chi connectivity index (χ2v) is 13.6. The molecular weight excluding hydrogens is 769 g/mol. The standard InChI is InChI=1S/C41H38F5N5O7/c42-29-15-10-26(18-30(29)43)22-31-37(54)49-33(20-24-6-11-27(12-7-24)41(44,45)46)38(55)50-32(19-23-4-2-1-3-5-23)39(56)51-34(40(57)58)21-25-8-13-28(14-9-25)47-35(52)16-17-36(53)48-31/h1-15,18,31-34H,16-17,19-22H2,(H,47,52)(H,48,53)(H,49,54)(H,50,55)(H,51,56)(H,57,58)/t31-,32-,33+,34-/m1/s1. The highest BCUT2D eigenvalue weighted by atomic mass is 19.4. The van der Waals surface area contributed by atoms with Crippen molar-refractivity contribution < 1.29 is 55.8 Å². The lowest BCUT2D eigenvalue weighted by Crippen LogP contribution is -2.59. The van der Waals surface area contributed by atoms with E-state index < -0.39 is 102 Å². The number of aliphatic carboxylic acids is 1. The van der Waals surface area contributed by atoms with Gasteiger partial charge in [-0.3, -0.25) is 24.0 Å². The summed E-state index contributed by atoms with van der Waals surface area (Å²) in [5.41, 5.74) is 0.551. The van der Waals surface area contributed by atoms with Crippen LogP contribution in [0.15, 0.2) is 97.1 Å². The molecule has 4 atom stereocenters. The predicted molar refractivity (Wildman–Crippen MR) is 199 cm³/mol. The third-order valence-corrected chi connectivity index (χ3v) is 9.22. The molecule has 2 heterocycles. The van der Waals surface area contributed by atoms with Crippen LogP contribution in [-0.2, 0) is 60.6 Å². The van der Waals surface area contributed by atoms with Crippen LogP contribution in [0.5, 0.6) is 0 Å². The molecule has 12 nitrogen and oxygen atoms in total. The Balaban J connectivity index is 1.53. The minimum atomic E-state index is -4.68. The van der Waals surface area contributed by atoms with Crippen molar-refractivity contribution in [3.8, 4) is 0 Å². The van der Waals surface area contributed by atoms with Crippen molar-refractivity contribution in [2.24, 2.45) is 0 Å². The number of amides is 5. The molecule has 0 aromatic heterocycles. The molecule has 0 saturated carbocycles. The number of rotatable bonds is 7. The summed E-state index contributed by atoms with van der Waals surface area (Å²) in [4.78, 5) is 80.3. The average molecular weight is 808 g/mol. The molecule has 2 aliphatic rings. The number of benzene rings is 4. The van der Waals surface area contributed by atoms with Crippen molar-refractivity contribution in [3.05, 3.63) is 137 Å². The summed E-state index contributed by atoms with van der Waals surface area (Å²) in [6.45, 7) is 0. The van der Waals surface area contributed by atoms with E-state index in [9.17, 15) is 55.8 Å². The molecule has 0 saturated heterocycles. The van der Waals surface area contributed by atoms with Gasteiger partial charge in [-0.15, -0.1) is 0 Å². The van der Waals surface area contributed by atoms with Crippen molar-refractivity contribution in [1.82, 2.24) is 21.3 Å². The van der Waals surface area contributed by atoms with Gasteiger partial charge in [-0.2, -0.15) is 13.2 Å². The first kappa shape index (κ1) is 42.5. The highest BCUT2D eigenvalue weighted by Gasteiger charge is 2.33. The van der Waals surface area contributed by atoms with Crippen LogP contribution in [-0.4, -0.2) is 64.8 Å². The van der Waals surface area contributed by atoms with Crippen LogP contribution in [0.4, 0.5) is 27.6 Å². The third kappa shape index (κ3) is 12.2. The van der Waals surface area contributed by atoms with Gasteiger partial charge in [0.25, 0.3) is 0 Å². The summed E-state index contributed by atoms with van der Waals surface area (Å²) in [5, 5.41) is 22.6. The molecule has 0 spiro atoms. The number of carbonyl (C=O) groups excluding carboxylic acids is 5. The number of hydrogen-bond donors (Lipinski definition) is 6.